The Morgan fingerprint density at radius 1 is 1.43 bits per heavy atom. The van der Waals surface area contributed by atoms with Gasteiger partial charge in [-0.15, -0.1) is 0 Å². The summed E-state index contributed by atoms with van der Waals surface area (Å²) in [6, 6.07) is 7.24. The Kier molecular flexibility index (Phi) is 4.22. The van der Waals surface area contributed by atoms with E-state index in [1.54, 1.807) is 23.5 Å². The number of nitrogens with zero attached hydrogens (tertiary/aromatic N) is 2. The minimum atomic E-state index is -0.212. The molecule has 112 valence electrons. The molecule has 0 aliphatic heterocycles. The molecule has 1 aromatic heterocycles. The number of aromatic nitrogens is 1. The molecule has 0 bridgehead atoms. The van der Waals surface area contributed by atoms with E-state index in [2.05, 4.69) is 12.2 Å². The zero-order valence-corrected chi connectivity index (χ0v) is 13.2. The number of fused-ring (bicyclic) bond motifs is 1. The first-order valence-electron chi connectivity index (χ1n) is 7.42. The van der Waals surface area contributed by atoms with Gasteiger partial charge >= 0.3 is 0 Å². The van der Waals surface area contributed by atoms with Crippen molar-refractivity contribution in [1.82, 2.24) is 10.3 Å². The number of hydrogen-bond donors (Lipinski definition) is 1. The molecule has 1 N–H and O–H groups in total. The molecule has 1 aromatic carbocycles. The minimum absolute atomic E-state index is 0.212. The number of hydrogen-bond acceptors (Lipinski definition) is 4. The number of halogens is 1. The van der Waals surface area contributed by atoms with E-state index in [1.807, 2.05) is 18.0 Å². The van der Waals surface area contributed by atoms with Gasteiger partial charge in [0.1, 0.15) is 5.82 Å². The molecule has 0 saturated heterocycles. The van der Waals surface area contributed by atoms with Crippen LogP contribution in [0.4, 0.5) is 15.2 Å². The Morgan fingerprint density at radius 2 is 2.24 bits per heavy atom. The maximum atomic E-state index is 13.9. The van der Waals surface area contributed by atoms with Crippen molar-refractivity contribution in [2.45, 2.75) is 32.2 Å². The lowest BCUT2D eigenvalue weighted by Gasteiger charge is -2.21. The highest BCUT2D eigenvalue weighted by Crippen LogP contribution is 2.39. The van der Waals surface area contributed by atoms with Crippen molar-refractivity contribution in [3.8, 4) is 0 Å². The van der Waals surface area contributed by atoms with Crippen molar-refractivity contribution in [2.24, 2.45) is 0 Å². The molecule has 0 amide bonds. The van der Waals surface area contributed by atoms with Gasteiger partial charge in [-0.3, -0.25) is 0 Å². The minimum Gasteiger partial charge on any atom is -0.318 e. The fraction of sp³-hybridized carbons (Fsp3) is 0.438. The lowest BCUT2D eigenvalue weighted by atomic mass is 9.98. The third kappa shape index (κ3) is 2.80. The topological polar surface area (TPSA) is 28.2 Å². The smallest absolute Gasteiger partial charge is 0.190 e. The first kappa shape index (κ1) is 14.5. The first-order chi connectivity index (χ1) is 10.2. The number of aryl methyl sites for hydroxylation is 1. The second-order valence-electron chi connectivity index (χ2n) is 5.32. The highest BCUT2D eigenvalue weighted by molar-refractivity contribution is 7.15. The SMILES string of the molecule is CCNC1CCCc2nc(N(C)c3ccccc3F)sc21. The molecule has 0 spiro atoms. The van der Waals surface area contributed by atoms with Gasteiger partial charge < -0.3 is 10.2 Å². The molecule has 3 nitrogen and oxygen atoms in total. The summed E-state index contributed by atoms with van der Waals surface area (Å²) in [4.78, 5) is 7.91. The van der Waals surface area contributed by atoms with E-state index >= 15 is 0 Å². The lowest BCUT2D eigenvalue weighted by Crippen LogP contribution is -2.23. The van der Waals surface area contributed by atoms with Crippen molar-refractivity contribution in [1.29, 1.82) is 0 Å². The third-order valence-electron chi connectivity index (χ3n) is 3.89. The van der Waals surface area contributed by atoms with Crippen molar-refractivity contribution in [3.05, 3.63) is 40.7 Å². The van der Waals surface area contributed by atoms with Crippen molar-refractivity contribution in [2.75, 3.05) is 18.5 Å². The van der Waals surface area contributed by atoms with Gasteiger partial charge in [0.2, 0.25) is 0 Å². The Balaban J connectivity index is 1.92. The Labute approximate surface area is 128 Å². The Bertz CT molecular complexity index is 626. The van der Waals surface area contributed by atoms with Crippen LogP contribution < -0.4 is 10.2 Å². The summed E-state index contributed by atoms with van der Waals surface area (Å²) in [6.07, 6.45) is 3.35. The van der Waals surface area contributed by atoms with Crippen molar-refractivity contribution >= 4 is 22.2 Å². The van der Waals surface area contributed by atoms with Crippen LogP contribution >= 0.6 is 11.3 Å². The highest BCUT2D eigenvalue weighted by atomic mass is 32.1. The average Bonchev–Trinajstić information content (AvgIpc) is 2.92. The zero-order chi connectivity index (χ0) is 14.8. The molecule has 1 atom stereocenters. The van der Waals surface area contributed by atoms with E-state index in [9.17, 15) is 4.39 Å². The molecule has 3 rings (SSSR count). The molecular weight excluding hydrogens is 285 g/mol. The molecular formula is C16H20FN3S. The number of nitrogens with one attached hydrogen (secondary N) is 1. The fourth-order valence-electron chi connectivity index (χ4n) is 2.82. The number of para-hydroxylation sites is 1. The molecule has 1 unspecified atom stereocenters. The normalized spacial score (nSPS) is 17.6. The van der Waals surface area contributed by atoms with Crippen LogP contribution in [-0.4, -0.2) is 18.6 Å². The maximum absolute atomic E-state index is 13.9. The lowest BCUT2D eigenvalue weighted by molar-refractivity contribution is 0.476. The molecule has 1 aliphatic rings. The molecule has 0 radical (unpaired) electrons. The maximum Gasteiger partial charge on any atom is 0.190 e. The van der Waals surface area contributed by atoms with Crippen molar-refractivity contribution in [3.63, 3.8) is 0 Å². The number of thiazole rings is 1. The summed E-state index contributed by atoms with van der Waals surface area (Å²) in [7, 11) is 1.88. The summed E-state index contributed by atoms with van der Waals surface area (Å²) in [5.41, 5.74) is 1.75. The fourth-order valence-corrected chi connectivity index (χ4v) is 4.01. The van der Waals surface area contributed by atoms with Crippen LogP contribution in [0.5, 0.6) is 0 Å². The van der Waals surface area contributed by atoms with Gasteiger partial charge in [0.15, 0.2) is 5.13 Å². The molecule has 5 heteroatoms. The average molecular weight is 305 g/mol. The monoisotopic (exact) mass is 305 g/mol. The van der Waals surface area contributed by atoms with E-state index in [-0.39, 0.29) is 5.82 Å². The third-order valence-corrected chi connectivity index (χ3v) is 5.18. The van der Waals surface area contributed by atoms with Gasteiger partial charge in [0, 0.05) is 18.0 Å². The molecule has 1 aliphatic carbocycles. The van der Waals surface area contributed by atoms with Crippen LogP contribution in [0.3, 0.4) is 0 Å². The van der Waals surface area contributed by atoms with Crippen LogP contribution in [0.15, 0.2) is 24.3 Å². The van der Waals surface area contributed by atoms with E-state index in [0.29, 0.717) is 11.7 Å². The standard InChI is InChI=1S/C16H20FN3S/c1-3-18-12-8-6-9-13-15(12)21-16(19-13)20(2)14-10-5-4-7-11(14)17/h4-5,7,10,12,18H,3,6,8-9H2,1-2H3. The molecule has 0 fully saturated rings. The molecule has 2 aromatic rings. The number of benzene rings is 1. The van der Waals surface area contributed by atoms with E-state index < -0.39 is 0 Å². The first-order valence-corrected chi connectivity index (χ1v) is 8.23. The van der Waals surface area contributed by atoms with Gasteiger partial charge in [-0.2, -0.15) is 0 Å². The van der Waals surface area contributed by atoms with Gasteiger partial charge in [-0.1, -0.05) is 30.4 Å². The quantitative estimate of drug-likeness (QED) is 0.924. The van der Waals surface area contributed by atoms with Gasteiger partial charge in [0.25, 0.3) is 0 Å². The summed E-state index contributed by atoms with van der Waals surface area (Å²) >= 11 is 1.68. The second kappa shape index (κ2) is 6.12. The predicted octanol–water partition coefficient (Wildman–Crippen LogP) is 4.04. The van der Waals surface area contributed by atoms with Gasteiger partial charge in [-0.25, -0.2) is 9.37 Å². The van der Waals surface area contributed by atoms with Crippen LogP contribution in [0.2, 0.25) is 0 Å². The van der Waals surface area contributed by atoms with Gasteiger partial charge in [0.05, 0.1) is 11.4 Å². The Hall–Kier alpha value is -1.46. The van der Waals surface area contributed by atoms with Crippen LogP contribution in [-0.2, 0) is 6.42 Å². The second-order valence-corrected chi connectivity index (χ2v) is 6.33. The summed E-state index contributed by atoms with van der Waals surface area (Å²) in [6.45, 7) is 3.09. The highest BCUT2D eigenvalue weighted by Gasteiger charge is 2.25. The van der Waals surface area contributed by atoms with Crippen LogP contribution in [0.1, 0.15) is 36.4 Å². The number of anilines is 2. The van der Waals surface area contributed by atoms with Crippen LogP contribution in [0.25, 0.3) is 0 Å². The predicted molar refractivity (Wildman–Crippen MR) is 85.9 cm³/mol. The molecule has 21 heavy (non-hydrogen) atoms. The van der Waals surface area contributed by atoms with Gasteiger partial charge in [-0.05, 0) is 37.9 Å². The molecule has 1 heterocycles. The van der Waals surface area contributed by atoms with Crippen LogP contribution in [0, 0.1) is 5.82 Å². The van der Waals surface area contributed by atoms with E-state index in [0.717, 1.165) is 30.9 Å². The largest absolute Gasteiger partial charge is 0.318 e. The van der Waals surface area contributed by atoms with E-state index in [1.165, 1.54) is 16.6 Å². The summed E-state index contributed by atoms with van der Waals surface area (Å²) in [5, 5.41) is 4.39. The summed E-state index contributed by atoms with van der Waals surface area (Å²) in [5.74, 6) is -0.212. The molecule has 0 saturated carbocycles. The van der Waals surface area contributed by atoms with E-state index in [4.69, 9.17) is 4.98 Å². The van der Waals surface area contributed by atoms with Crippen molar-refractivity contribution < 1.29 is 4.39 Å². The number of rotatable bonds is 4. The zero-order valence-electron chi connectivity index (χ0n) is 12.4. The Morgan fingerprint density at radius 3 is 3.00 bits per heavy atom. The summed E-state index contributed by atoms with van der Waals surface area (Å²) < 4.78 is 13.9.